The second-order valence-corrected chi connectivity index (χ2v) is 6.86. The molecule has 3 heterocycles. The zero-order valence-corrected chi connectivity index (χ0v) is 15.0. The number of hydrogen-bond donors (Lipinski definition) is 1. The van der Waals surface area contributed by atoms with Crippen LogP contribution < -0.4 is 11.0 Å². The van der Waals surface area contributed by atoms with E-state index in [1.807, 2.05) is 24.3 Å². The van der Waals surface area contributed by atoms with Gasteiger partial charge in [-0.2, -0.15) is 0 Å². The molecule has 6 nitrogen and oxygen atoms in total. The first-order valence-electron chi connectivity index (χ1n) is 8.20. The predicted octanol–water partition coefficient (Wildman–Crippen LogP) is 3.20. The van der Waals surface area contributed by atoms with E-state index in [0.29, 0.717) is 24.7 Å². The summed E-state index contributed by atoms with van der Waals surface area (Å²) in [7, 11) is 0. The number of nitrogens with one attached hydrogen (secondary N) is 1. The van der Waals surface area contributed by atoms with Gasteiger partial charge in [-0.15, -0.1) is 0 Å². The topological polar surface area (TPSA) is 64.7 Å². The van der Waals surface area contributed by atoms with Gasteiger partial charge in [-0.3, -0.25) is 9.13 Å². The van der Waals surface area contributed by atoms with Crippen molar-refractivity contribution in [2.24, 2.45) is 0 Å². The molecule has 7 heteroatoms. The summed E-state index contributed by atoms with van der Waals surface area (Å²) < 4.78 is 4.56. The van der Waals surface area contributed by atoms with Crippen molar-refractivity contribution in [2.75, 3.05) is 11.9 Å². The number of aromatic nitrogens is 4. The van der Waals surface area contributed by atoms with Crippen LogP contribution in [0.1, 0.15) is 19.8 Å². The molecule has 0 amide bonds. The Morgan fingerprint density at radius 2 is 2.04 bits per heavy atom. The molecule has 0 spiro atoms. The normalized spacial score (nSPS) is 13.2. The molecule has 0 aromatic heterocycles. The highest BCUT2D eigenvalue weighted by Gasteiger charge is 2.27. The highest BCUT2D eigenvalue weighted by atomic mass is 79.9. The summed E-state index contributed by atoms with van der Waals surface area (Å²) in [6.45, 7) is 4.22. The fraction of sp³-hybridized carbons (Fsp3) is 0.353. The van der Waals surface area contributed by atoms with Crippen LogP contribution >= 0.6 is 15.9 Å². The number of fused-ring (bicyclic) bond motifs is 3. The van der Waals surface area contributed by atoms with E-state index in [1.165, 1.54) is 0 Å². The third-order valence-corrected chi connectivity index (χ3v) is 4.85. The summed E-state index contributed by atoms with van der Waals surface area (Å²) in [6.07, 6.45) is 1.98. The molecule has 0 saturated heterocycles. The molecule has 0 unspecified atom stereocenters. The Morgan fingerprint density at radius 3 is 2.79 bits per heavy atom. The van der Waals surface area contributed by atoms with Gasteiger partial charge in [-0.05, 0) is 18.6 Å². The van der Waals surface area contributed by atoms with Crippen molar-refractivity contribution in [1.82, 2.24) is 19.1 Å². The Balaban J connectivity index is 1.92. The molecule has 4 rings (SSSR count). The van der Waals surface area contributed by atoms with Crippen LogP contribution in [0.3, 0.4) is 0 Å². The lowest BCUT2D eigenvalue weighted by Gasteiger charge is -2.13. The van der Waals surface area contributed by atoms with E-state index in [4.69, 9.17) is 4.98 Å². The van der Waals surface area contributed by atoms with Gasteiger partial charge in [0, 0.05) is 29.7 Å². The van der Waals surface area contributed by atoms with Crippen molar-refractivity contribution in [2.45, 2.75) is 32.9 Å². The molecule has 0 fully saturated rings. The predicted molar refractivity (Wildman–Crippen MR) is 97.4 cm³/mol. The SMILES string of the molecule is CCCCn1c2nc(-c3ccc(Br)cc3)nc-2c2n(c1=O)CCN2. The second kappa shape index (κ2) is 6.05. The molecular formula is C17H18BrN5O. The van der Waals surface area contributed by atoms with Gasteiger partial charge in [0.05, 0.1) is 0 Å². The minimum absolute atomic E-state index is 0.00166. The van der Waals surface area contributed by atoms with E-state index in [0.717, 1.165) is 40.9 Å². The maximum absolute atomic E-state index is 12.8. The lowest BCUT2D eigenvalue weighted by atomic mass is 10.2. The van der Waals surface area contributed by atoms with Crippen LogP contribution in [0.15, 0.2) is 33.5 Å². The van der Waals surface area contributed by atoms with Gasteiger partial charge in [-0.1, -0.05) is 41.4 Å². The minimum Gasteiger partial charge on any atom is -0.368 e. The third kappa shape index (κ3) is 2.43. The average Bonchev–Trinajstić information content (AvgIpc) is 3.22. The minimum atomic E-state index is -0.00166. The van der Waals surface area contributed by atoms with Crippen LogP contribution in [0, 0.1) is 0 Å². The highest BCUT2D eigenvalue weighted by molar-refractivity contribution is 9.10. The Kier molecular flexibility index (Phi) is 3.88. The molecule has 124 valence electrons. The lowest BCUT2D eigenvalue weighted by molar-refractivity contribution is 0.566. The Hall–Kier alpha value is -2.15. The smallest absolute Gasteiger partial charge is 0.331 e. The standard InChI is InChI=1S/C17H18BrN5O/c1-2-3-9-22-16-13(15-19-8-10-23(15)17(22)24)20-14(21-16)11-4-6-12(18)7-5-11/h4-7,19H,2-3,8-10H2,1H3. The van der Waals surface area contributed by atoms with Crippen LogP contribution in [0.5, 0.6) is 0 Å². The molecule has 0 saturated carbocycles. The number of hydrogen-bond acceptors (Lipinski definition) is 4. The van der Waals surface area contributed by atoms with Gasteiger partial charge >= 0.3 is 5.69 Å². The Morgan fingerprint density at radius 1 is 1.25 bits per heavy atom. The maximum Gasteiger partial charge on any atom is 0.331 e. The largest absolute Gasteiger partial charge is 0.368 e. The lowest BCUT2D eigenvalue weighted by Crippen LogP contribution is -2.31. The number of halogens is 1. The molecule has 1 aromatic carbocycles. The first-order chi connectivity index (χ1) is 11.7. The second-order valence-electron chi connectivity index (χ2n) is 5.94. The van der Waals surface area contributed by atoms with Crippen LogP contribution in [0.4, 0.5) is 5.82 Å². The molecule has 3 aliphatic heterocycles. The molecule has 0 bridgehead atoms. The van der Waals surface area contributed by atoms with Crippen molar-refractivity contribution in [3.05, 3.63) is 39.2 Å². The Bertz CT molecular complexity index is 912. The highest BCUT2D eigenvalue weighted by Crippen LogP contribution is 2.31. The van der Waals surface area contributed by atoms with Gasteiger partial charge in [0.25, 0.3) is 0 Å². The van der Waals surface area contributed by atoms with E-state index in [2.05, 4.69) is 33.2 Å². The third-order valence-electron chi connectivity index (χ3n) is 4.32. The zero-order chi connectivity index (χ0) is 16.7. The molecule has 3 aliphatic rings. The van der Waals surface area contributed by atoms with Crippen molar-refractivity contribution in [3.8, 4) is 22.9 Å². The van der Waals surface area contributed by atoms with Crippen molar-refractivity contribution >= 4 is 21.7 Å². The van der Waals surface area contributed by atoms with E-state index < -0.39 is 0 Å². The Labute approximate surface area is 148 Å². The van der Waals surface area contributed by atoms with Crippen molar-refractivity contribution < 1.29 is 0 Å². The average molecular weight is 388 g/mol. The summed E-state index contributed by atoms with van der Waals surface area (Å²) in [6, 6.07) is 7.90. The van der Waals surface area contributed by atoms with Crippen molar-refractivity contribution in [3.63, 3.8) is 0 Å². The number of unbranched alkanes of at least 4 members (excludes halogenated alkanes) is 1. The number of anilines is 1. The molecular weight excluding hydrogens is 370 g/mol. The fourth-order valence-corrected chi connectivity index (χ4v) is 3.32. The van der Waals surface area contributed by atoms with Crippen LogP contribution in [0.25, 0.3) is 22.9 Å². The molecule has 1 N–H and O–H groups in total. The van der Waals surface area contributed by atoms with Crippen LogP contribution in [-0.2, 0) is 13.1 Å². The molecule has 0 radical (unpaired) electrons. The first kappa shape index (κ1) is 15.4. The van der Waals surface area contributed by atoms with Gasteiger partial charge in [-0.25, -0.2) is 14.8 Å². The van der Waals surface area contributed by atoms with E-state index in [9.17, 15) is 4.79 Å². The molecule has 1 aromatic rings. The van der Waals surface area contributed by atoms with Gasteiger partial charge in [0.2, 0.25) is 0 Å². The fourth-order valence-electron chi connectivity index (χ4n) is 3.06. The molecule has 0 aliphatic carbocycles. The number of imidazole rings is 1. The van der Waals surface area contributed by atoms with E-state index >= 15 is 0 Å². The summed E-state index contributed by atoms with van der Waals surface area (Å²) in [5, 5.41) is 3.28. The summed E-state index contributed by atoms with van der Waals surface area (Å²) >= 11 is 3.44. The number of rotatable bonds is 4. The van der Waals surface area contributed by atoms with E-state index in [1.54, 1.807) is 9.13 Å². The van der Waals surface area contributed by atoms with Crippen LogP contribution in [0.2, 0.25) is 0 Å². The van der Waals surface area contributed by atoms with Gasteiger partial charge < -0.3 is 5.32 Å². The first-order valence-corrected chi connectivity index (χ1v) is 8.99. The maximum atomic E-state index is 12.8. The van der Waals surface area contributed by atoms with E-state index in [-0.39, 0.29) is 5.69 Å². The summed E-state index contributed by atoms with van der Waals surface area (Å²) in [5.74, 6) is 2.12. The molecule has 24 heavy (non-hydrogen) atoms. The van der Waals surface area contributed by atoms with Crippen molar-refractivity contribution in [1.29, 1.82) is 0 Å². The number of benzene rings is 1. The monoisotopic (exact) mass is 387 g/mol. The number of nitrogens with zero attached hydrogens (tertiary/aromatic N) is 4. The quantitative estimate of drug-likeness (QED) is 0.746. The summed E-state index contributed by atoms with van der Waals surface area (Å²) in [4.78, 5) is 22.2. The summed E-state index contributed by atoms with van der Waals surface area (Å²) in [5.41, 5.74) is 1.72. The molecule has 0 atom stereocenters. The zero-order valence-electron chi connectivity index (χ0n) is 13.4. The van der Waals surface area contributed by atoms with Gasteiger partial charge in [0.1, 0.15) is 11.5 Å². The van der Waals surface area contributed by atoms with Gasteiger partial charge in [0.15, 0.2) is 11.6 Å². The van der Waals surface area contributed by atoms with Crippen LogP contribution in [-0.4, -0.2) is 25.6 Å².